The number of carbonyl (C=O) groups is 2. The lowest BCUT2D eigenvalue weighted by atomic mass is 9.82. The number of likely N-dealkylation sites (tertiary alicyclic amines) is 2. The lowest BCUT2D eigenvalue weighted by Gasteiger charge is -2.40. The summed E-state index contributed by atoms with van der Waals surface area (Å²) in [5.74, 6) is 0.0428. The fourth-order valence-corrected chi connectivity index (χ4v) is 4.45. The molecule has 0 aliphatic carbocycles. The van der Waals surface area contributed by atoms with Crippen LogP contribution in [0.4, 0.5) is 0 Å². The second kappa shape index (κ2) is 7.23. The Bertz CT molecular complexity index is 740. The number of hydrogen-bond acceptors (Lipinski definition) is 4. The minimum atomic E-state index is -0.197. The summed E-state index contributed by atoms with van der Waals surface area (Å²) in [6, 6.07) is 4.84. The molecule has 0 N–H and O–H groups in total. The number of aromatic nitrogens is 1. The van der Waals surface area contributed by atoms with Crippen LogP contribution in [0.2, 0.25) is 0 Å². The molecule has 2 amide bonds. The Morgan fingerprint density at radius 1 is 1.12 bits per heavy atom. The molecule has 3 fully saturated rings. The molecule has 0 saturated carbocycles. The van der Waals surface area contributed by atoms with Gasteiger partial charge in [0.05, 0.1) is 12.0 Å². The maximum Gasteiger partial charge on any atom is 0.250 e. The molecule has 3 aliphatic rings. The Balaban J connectivity index is 1.50. The predicted octanol–water partition coefficient (Wildman–Crippen LogP) is 0.334. The number of fused-ring (bicyclic) bond motifs is 1. The minimum absolute atomic E-state index is 0.00167. The molecule has 140 valence electrons. The molecule has 1 aromatic rings. The molecule has 4 heterocycles. The molecule has 3 atom stereocenters. The van der Waals surface area contributed by atoms with Crippen molar-refractivity contribution >= 4 is 11.8 Å². The quantitative estimate of drug-likeness (QED) is 0.780. The van der Waals surface area contributed by atoms with E-state index in [0.29, 0.717) is 19.7 Å². The highest BCUT2D eigenvalue weighted by atomic mass is 16.5. The molecule has 0 bridgehead atoms. The third kappa shape index (κ3) is 3.28. The van der Waals surface area contributed by atoms with E-state index in [1.807, 2.05) is 4.90 Å². The highest BCUT2D eigenvalue weighted by Crippen LogP contribution is 2.35. The van der Waals surface area contributed by atoms with Crippen molar-refractivity contribution in [1.82, 2.24) is 14.4 Å². The molecular weight excluding hydrogens is 334 g/mol. The summed E-state index contributed by atoms with van der Waals surface area (Å²) < 4.78 is 7.23. The summed E-state index contributed by atoms with van der Waals surface area (Å²) in [4.78, 5) is 41.3. The number of hydrogen-bond donors (Lipinski definition) is 0. The summed E-state index contributed by atoms with van der Waals surface area (Å²) in [6.07, 6.45) is 4.54. The number of amides is 2. The molecule has 0 aromatic carbocycles. The van der Waals surface area contributed by atoms with Crippen molar-refractivity contribution < 1.29 is 14.3 Å². The molecule has 0 radical (unpaired) electrons. The molecule has 26 heavy (non-hydrogen) atoms. The molecule has 3 saturated heterocycles. The van der Waals surface area contributed by atoms with E-state index >= 15 is 0 Å². The molecule has 0 spiro atoms. The Hall–Kier alpha value is -2.15. The van der Waals surface area contributed by atoms with Crippen LogP contribution < -0.4 is 5.56 Å². The largest absolute Gasteiger partial charge is 0.376 e. The van der Waals surface area contributed by atoms with Crippen LogP contribution >= 0.6 is 0 Å². The second-order valence-electron chi connectivity index (χ2n) is 7.47. The molecular formula is C19H25N3O4. The average Bonchev–Trinajstić information content (AvgIpc) is 3.33. The Kier molecular flexibility index (Phi) is 4.80. The highest BCUT2D eigenvalue weighted by Gasteiger charge is 2.46. The Labute approximate surface area is 152 Å². The normalized spacial score (nSPS) is 28.2. The van der Waals surface area contributed by atoms with Crippen molar-refractivity contribution in [2.24, 2.45) is 11.8 Å². The Morgan fingerprint density at radius 3 is 2.69 bits per heavy atom. The van der Waals surface area contributed by atoms with E-state index in [2.05, 4.69) is 0 Å². The van der Waals surface area contributed by atoms with Gasteiger partial charge < -0.3 is 19.1 Å². The number of piperidine rings is 1. The van der Waals surface area contributed by atoms with Gasteiger partial charge in [0.15, 0.2) is 0 Å². The van der Waals surface area contributed by atoms with Crippen molar-refractivity contribution in [3.05, 3.63) is 34.7 Å². The zero-order chi connectivity index (χ0) is 18.1. The number of nitrogens with zero attached hydrogens (tertiary/aromatic N) is 3. The van der Waals surface area contributed by atoms with Crippen LogP contribution in [0.1, 0.15) is 19.3 Å². The molecule has 4 rings (SSSR count). The summed E-state index contributed by atoms with van der Waals surface area (Å²) >= 11 is 0. The van der Waals surface area contributed by atoms with Crippen LogP contribution in [0.25, 0.3) is 0 Å². The summed E-state index contributed by atoms with van der Waals surface area (Å²) in [6.45, 7) is 3.23. The maximum absolute atomic E-state index is 13.0. The van der Waals surface area contributed by atoms with Gasteiger partial charge in [-0.15, -0.1) is 0 Å². The van der Waals surface area contributed by atoms with Crippen molar-refractivity contribution in [3.63, 3.8) is 0 Å². The fourth-order valence-electron chi connectivity index (χ4n) is 4.45. The van der Waals surface area contributed by atoms with Gasteiger partial charge in [-0.05, 0) is 25.3 Å². The van der Waals surface area contributed by atoms with Gasteiger partial charge in [0.1, 0.15) is 6.54 Å². The molecule has 7 heteroatoms. The maximum atomic E-state index is 13.0. The number of pyridine rings is 1. The lowest BCUT2D eigenvalue weighted by molar-refractivity contribution is -0.146. The van der Waals surface area contributed by atoms with Crippen LogP contribution in [-0.2, 0) is 20.9 Å². The number of carbonyl (C=O) groups excluding carboxylic acids is 2. The van der Waals surface area contributed by atoms with Crippen molar-refractivity contribution in [2.75, 3.05) is 32.8 Å². The van der Waals surface area contributed by atoms with E-state index in [9.17, 15) is 14.4 Å². The van der Waals surface area contributed by atoms with Gasteiger partial charge in [0, 0.05) is 51.0 Å². The first-order valence-corrected chi connectivity index (χ1v) is 9.47. The van der Waals surface area contributed by atoms with E-state index in [1.165, 1.54) is 10.6 Å². The minimum Gasteiger partial charge on any atom is -0.376 e. The number of ether oxygens (including phenoxy) is 1. The van der Waals surface area contributed by atoms with Crippen molar-refractivity contribution in [1.29, 1.82) is 0 Å². The summed E-state index contributed by atoms with van der Waals surface area (Å²) in [5, 5.41) is 0. The topological polar surface area (TPSA) is 71.9 Å². The lowest BCUT2D eigenvalue weighted by Crippen LogP contribution is -2.55. The smallest absolute Gasteiger partial charge is 0.250 e. The second-order valence-corrected chi connectivity index (χ2v) is 7.47. The van der Waals surface area contributed by atoms with Crippen LogP contribution in [0, 0.1) is 11.8 Å². The third-order valence-electron chi connectivity index (χ3n) is 5.89. The first-order valence-electron chi connectivity index (χ1n) is 9.47. The third-order valence-corrected chi connectivity index (χ3v) is 5.89. The SMILES string of the molecule is O=C(Cn1ccccc1=O)N1C[C@H]2OCC[C@H]2[C@H](C(=O)N2CCCC2)C1. The highest BCUT2D eigenvalue weighted by molar-refractivity contribution is 5.82. The van der Waals surface area contributed by atoms with E-state index in [4.69, 9.17) is 4.74 Å². The Morgan fingerprint density at radius 2 is 1.92 bits per heavy atom. The van der Waals surface area contributed by atoms with Gasteiger partial charge in [0.2, 0.25) is 11.8 Å². The van der Waals surface area contributed by atoms with Gasteiger partial charge in [0.25, 0.3) is 5.56 Å². The van der Waals surface area contributed by atoms with Crippen LogP contribution in [0.15, 0.2) is 29.2 Å². The first-order chi connectivity index (χ1) is 12.6. The summed E-state index contributed by atoms with van der Waals surface area (Å²) in [5.41, 5.74) is -0.197. The van der Waals surface area contributed by atoms with Crippen LogP contribution in [0.5, 0.6) is 0 Å². The fraction of sp³-hybridized carbons (Fsp3) is 0.632. The molecule has 1 aromatic heterocycles. The van der Waals surface area contributed by atoms with Gasteiger partial charge >= 0.3 is 0 Å². The van der Waals surface area contributed by atoms with Gasteiger partial charge in [-0.2, -0.15) is 0 Å². The van der Waals surface area contributed by atoms with Gasteiger partial charge in [-0.3, -0.25) is 14.4 Å². The van der Waals surface area contributed by atoms with Gasteiger partial charge in [-0.25, -0.2) is 0 Å². The zero-order valence-electron chi connectivity index (χ0n) is 14.9. The monoisotopic (exact) mass is 359 g/mol. The van der Waals surface area contributed by atoms with Crippen molar-refractivity contribution in [3.8, 4) is 0 Å². The molecule has 0 unspecified atom stereocenters. The van der Waals surface area contributed by atoms with E-state index in [0.717, 1.165) is 32.4 Å². The molecule has 7 nitrogen and oxygen atoms in total. The van der Waals surface area contributed by atoms with Crippen LogP contribution in [-0.4, -0.2) is 65.1 Å². The summed E-state index contributed by atoms with van der Waals surface area (Å²) in [7, 11) is 0. The van der Waals surface area contributed by atoms with Crippen molar-refractivity contribution in [2.45, 2.75) is 31.9 Å². The first kappa shape index (κ1) is 17.3. The predicted molar refractivity (Wildman–Crippen MR) is 94.4 cm³/mol. The van der Waals surface area contributed by atoms with Crippen LogP contribution in [0.3, 0.4) is 0 Å². The average molecular weight is 359 g/mol. The zero-order valence-corrected chi connectivity index (χ0v) is 14.9. The van der Waals surface area contributed by atoms with Gasteiger partial charge in [-0.1, -0.05) is 6.07 Å². The molecule has 3 aliphatic heterocycles. The standard InChI is InChI=1S/C19H25N3O4/c23-17-5-1-2-9-21(17)13-18(24)22-11-15(14-6-10-26-16(14)12-22)19(25)20-7-3-4-8-20/h1-2,5,9,14-16H,3-4,6-8,10-13H2/t14-,15+,16+/m0/s1. The van der Waals surface area contributed by atoms with E-state index in [-0.39, 0.29) is 41.9 Å². The number of rotatable bonds is 3. The van der Waals surface area contributed by atoms with E-state index < -0.39 is 0 Å². The van der Waals surface area contributed by atoms with E-state index in [1.54, 1.807) is 23.2 Å².